The van der Waals surface area contributed by atoms with Gasteiger partial charge in [0, 0.05) is 11.3 Å². The number of fused-ring (bicyclic) bond motifs is 1. The van der Waals surface area contributed by atoms with Gasteiger partial charge in [0.25, 0.3) is 0 Å². The van der Waals surface area contributed by atoms with Crippen molar-refractivity contribution in [1.82, 2.24) is 10.2 Å². The van der Waals surface area contributed by atoms with Gasteiger partial charge in [-0.3, -0.25) is 5.10 Å². The molecule has 0 aliphatic carbocycles. The van der Waals surface area contributed by atoms with Crippen LogP contribution < -0.4 is 5.73 Å². The van der Waals surface area contributed by atoms with Crippen molar-refractivity contribution in [3.05, 3.63) is 48.3 Å². The van der Waals surface area contributed by atoms with Crippen molar-refractivity contribution in [2.24, 2.45) is 0 Å². The maximum atomic E-state index is 13.2. The quantitative estimate of drug-likeness (QED) is 0.628. The number of halogens is 1. The molecule has 0 saturated carbocycles. The predicted molar refractivity (Wildman–Crippen MR) is 65.9 cm³/mol. The molecule has 3 N–H and O–H groups in total. The third-order valence-corrected chi connectivity index (χ3v) is 2.72. The van der Waals surface area contributed by atoms with Crippen LogP contribution in [0.25, 0.3) is 22.2 Å². The smallest absolute Gasteiger partial charge is 0.123 e. The molecule has 0 bridgehead atoms. The van der Waals surface area contributed by atoms with Crippen LogP contribution in [0, 0.1) is 5.82 Å². The van der Waals surface area contributed by atoms with E-state index in [1.54, 1.807) is 12.1 Å². The number of nitrogen functional groups attached to an aromatic ring is 1. The summed E-state index contributed by atoms with van der Waals surface area (Å²) in [4.78, 5) is 0. The molecule has 0 spiro atoms. The summed E-state index contributed by atoms with van der Waals surface area (Å²) in [5.41, 5.74) is 8.80. The molecule has 1 aromatic heterocycles. The number of hydrogen-bond donors (Lipinski definition) is 2. The second-order valence-corrected chi connectivity index (χ2v) is 3.85. The summed E-state index contributed by atoms with van der Waals surface area (Å²) in [6, 6.07) is 11.9. The van der Waals surface area contributed by atoms with Crippen molar-refractivity contribution in [1.29, 1.82) is 0 Å². The summed E-state index contributed by atoms with van der Waals surface area (Å²) in [5.74, 6) is -0.284. The Labute approximate surface area is 97.1 Å². The minimum atomic E-state index is -0.284. The second kappa shape index (κ2) is 3.59. The highest BCUT2D eigenvalue weighted by Gasteiger charge is 2.10. The topological polar surface area (TPSA) is 54.7 Å². The molecule has 0 unspecified atom stereocenters. The van der Waals surface area contributed by atoms with E-state index in [1.807, 2.05) is 18.2 Å². The monoisotopic (exact) mass is 227 g/mol. The molecule has 84 valence electrons. The van der Waals surface area contributed by atoms with E-state index >= 15 is 0 Å². The Kier molecular flexibility index (Phi) is 2.08. The van der Waals surface area contributed by atoms with E-state index in [-0.39, 0.29) is 5.82 Å². The number of hydrogen-bond acceptors (Lipinski definition) is 2. The van der Waals surface area contributed by atoms with Gasteiger partial charge in [-0.15, -0.1) is 0 Å². The maximum Gasteiger partial charge on any atom is 0.123 e. The number of aromatic nitrogens is 2. The van der Waals surface area contributed by atoms with Crippen molar-refractivity contribution in [2.45, 2.75) is 0 Å². The lowest BCUT2D eigenvalue weighted by atomic mass is 10.1. The third-order valence-electron chi connectivity index (χ3n) is 2.72. The minimum Gasteiger partial charge on any atom is -0.398 e. The van der Waals surface area contributed by atoms with E-state index in [2.05, 4.69) is 10.2 Å². The molecule has 17 heavy (non-hydrogen) atoms. The highest BCUT2D eigenvalue weighted by atomic mass is 19.1. The molecule has 0 radical (unpaired) electrons. The zero-order valence-corrected chi connectivity index (χ0v) is 8.94. The number of aromatic amines is 1. The predicted octanol–water partition coefficient (Wildman–Crippen LogP) is 2.95. The Morgan fingerprint density at radius 3 is 2.76 bits per heavy atom. The second-order valence-electron chi connectivity index (χ2n) is 3.85. The van der Waals surface area contributed by atoms with Crippen LogP contribution in [0.1, 0.15) is 0 Å². The largest absolute Gasteiger partial charge is 0.398 e. The van der Waals surface area contributed by atoms with Gasteiger partial charge in [-0.25, -0.2) is 4.39 Å². The average molecular weight is 227 g/mol. The third kappa shape index (κ3) is 1.54. The summed E-state index contributed by atoms with van der Waals surface area (Å²) in [6.45, 7) is 0. The van der Waals surface area contributed by atoms with Crippen molar-refractivity contribution in [2.75, 3.05) is 5.73 Å². The summed E-state index contributed by atoms with van der Waals surface area (Å²) >= 11 is 0. The molecular formula is C13H10FN3. The van der Waals surface area contributed by atoms with E-state index in [0.717, 1.165) is 10.9 Å². The summed E-state index contributed by atoms with van der Waals surface area (Å²) < 4.78 is 13.2. The first-order chi connectivity index (χ1) is 8.25. The molecule has 0 aliphatic heterocycles. The number of nitrogens with one attached hydrogen (secondary N) is 1. The highest BCUT2D eigenvalue weighted by molar-refractivity contribution is 6.01. The van der Waals surface area contributed by atoms with Gasteiger partial charge < -0.3 is 5.73 Å². The fourth-order valence-corrected chi connectivity index (χ4v) is 1.94. The molecule has 0 amide bonds. The van der Waals surface area contributed by atoms with Gasteiger partial charge in [-0.05, 0) is 24.3 Å². The molecule has 0 saturated heterocycles. The number of anilines is 1. The lowest BCUT2D eigenvalue weighted by Gasteiger charge is -2.00. The lowest BCUT2D eigenvalue weighted by molar-refractivity contribution is 0.628. The first-order valence-corrected chi connectivity index (χ1v) is 5.24. The number of nitrogens with zero attached hydrogens (tertiary/aromatic N) is 1. The van der Waals surface area contributed by atoms with Crippen LogP contribution in [0.5, 0.6) is 0 Å². The van der Waals surface area contributed by atoms with Gasteiger partial charge in [0.15, 0.2) is 0 Å². The zero-order chi connectivity index (χ0) is 11.8. The summed E-state index contributed by atoms with van der Waals surface area (Å²) in [6.07, 6.45) is 0. The molecule has 4 heteroatoms. The zero-order valence-electron chi connectivity index (χ0n) is 8.94. The van der Waals surface area contributed by atoms with Crippen molar-refractivity contribution < 1.29 is 4.39 Å². The molecule has 0 fully saturated rings. The Morgan fingerprint density at radius 2 is 1.94 bits per heavy atom. The standard InChI is InChI=1S/C13H10FN3/c14-9-4-1-3-8(7-9)13-12-10(15)5-2-6-11(12)16-17-13/h1-7H,15H2,(H,16,17). The van der Waals surface area contributed by atoms with Gasteiger partial charge in [0.2, 0.25) is 0 Å². The van der Waals surface area contributed by atoms with Crippen molar-refractivity contribution in [3.63, 3.8) is 0 Å². The first-order valence-electron chi connectivity index (χ1n) is 5.24. The Balaban J connectivity index is 2.31. The lowest BCUT2D eigenvalue weighted by Crippen LogP contribution is -1.87. The van der Waals surface area contributed by atoms with Crippen LogP contribution in [0.2, 0.25) is 0 Å². The fourth-order valence-electron chi connectivity index (χ4n) is 1.94. The molecular weight excluding hydrogens is 217 g/mol. The summed E-state index contributed by atoms with van der Waals surface area (Å²) in [5, 5.41) is 7.92. The van der Waals surface area contributed by atoms with Gasteiger partial charge in [-0.1, -0.05) is 18.2 Å². The molecule has 0 atom stereocenters. The number of H-pyrrole nitrogens is 1. The van der Waals surface area contributed by atoms with Gasteiger partial charge in [0.05, 0.1) is 10.9 Å². The van der Waals surface area contributed by atoms with E-state index < -0.39 is 0 Å². The van der Waals surface area contributed by atoms with Gasteiger partial charge in [0.1, 0.15) is 11.5 Å². The fraction of sp³-hybridized carbons (Fsp3) is 0. The van der Waals surface area contributed by atoms with E-state index in [4.69, 9.17) is 5.73 Å². The van der Waals surface area contributed by atoms with Gasteiger partial charge in [-0.2, -0.15) is 5.10 Å². The normalized spacial score (nSPS) is 10.9. The molecule has 1 heterocycles. The van der Waals surface area contributed by atoms with Crippen LogP contribution in [-0.2, 0) is 0 Å². The minimum absolute atomic E-state index is 0.284. The Morgan fingerprint density at radius 1 is 1.12 bits per heavy atom. The molecule has 2 aromatic carbocycles. The molecule has 3 rings (SSSR count). The highest BCUT2D eigenvalue weighted by Crippen LogP contribution is 2.30. The SMILES string of the molecule is Nc1cccc2[nH]nc(-c3cccc(F)c3)c12. The van der Waals surface area contributed by atoms with E-state index in [0.29, 0.717) is 16.9 Å². The molecule has 3 nitrogen and oxygen atoms in total. The van der Waals surface area contributed by atoms with Crippen LogP contribution in [-0.4, -0.2) is 10.2 Å². The Bertz CT molecular complexity index is 688. The Hall–Kier alpha value is -2.36. The maximum absolute atomic E-state index is 13.2. The molecule has 0 aliphatic rings. The first kappa shape index (κ1) is 9.84. The number of nitrogens with two attached hydrogens (primary N) is 1. The summed E-state index contributed by atoms with van der Waals surface area (Å²) in [7, 11) is 0. The average Bonchev–Trinajstić information content (AvgIpc) is 2.74. The van der Waals surface area contributed by atoms with Crippen LogP contribution in [0.4, 0.5) is 10.1 Å². The van der Waals surface area contributed by atoms with Crippen LogP contribution in [0.15, 0.2) is 42.5 Å². The van der Waals surface area contributed by atoms with Gasteiger partial charge >= 0.3 is 0 Å². The van der Waals surface area contributed by atoms with Crippen molar-refractivity contribution >= 4 is 16.6 Å². The van der Waals surface area contributed by atoms with E-state index in [9.17, 15) is 4.39 Å². The van der Waals surface area contributed by atoms with Crippen LogP contribution in [0.3, 0.4) is 0 Å². The van der Waals surface area contributed by atoms with Crippen molar-refractivity contribution in [3.8, 4) is 11.3 Å². The van der Waals surface area contributed by atoms with E-state index in [1.165, 1.54) is 12.1 Å². The number of rotatable bonds is 1. The molecule has 3 aromatic rings. The van der Waals surface area contributed by atoms with Crippen LogP contribution >= 0.6 is 0 Å². The number of benzene rings is 2.